The van der Waals surface area contributed by atoms with Gasteiger partial charge in [-0.2, -0.15) is 0 Å². The molecular formula is C17H20N2O2. The third kappa shape index (κ3) is 4.24. The summed E-state index contributed by atoms with van der Waals surface area (Å²) in [7, 11) is 1.66. The van der Waals surface area contributed by atoms with E-state index in [2.05, 4.69) is 10.6 Å². The summed E-state index contributed by atoms with van der Waals surface area (Å²) in [5, 5.41) is 6.18. The van der Waals surface area contributed by atoms with Gasteiger partial charge in [0.1, 0.15) is 5.75 Å². The minimum Gasteiger partial charge on any atom is -0.497 e. The fraction of sp³-hybridized carbons (Fsp3) is 0.235. The summed E-state index contributed by atoms with van der Waals surface area (Å²) in [6, 6.07) is 13.8. The van der Waals surface area contributed by atoms with Gasteiger partial charge in [0.05, 0.1) is 7.11 Å². The minimum atomic E-state index is -0.0717. The van der Waals surface area contributed by atoms with Crippen LogP contribution in [0.3, 0.4) is 0 Å². The van der Waals surface area contributed by atoms with Gasteiger partial charge in [0.25, 0.3) is 0 Å². The Morgan fingerprint density at radius 1 is 1.19 bits per heavy atom. The van der Waals surface area contributed by atoms with Crippen molar-refractivity contribution in [3.63, 3.8) is 0 Å². The van der Waals surface area contributed by atoms with Gasteiger partial charge in [0.2, 0.25) is 5.91 Å². The van der Waals surface area contributed by atoms with E-state index in [1.165, 1.54) is 6.92 Å². The number of anilines is 2. The molecule has 21 heavy (non-hydrogen) atoms. The first-order valence-corrected chi connectivity index (χ1v) is 6.83. The Bertz CT molecular complexity index is 638. The van der Waals surface area contributed by atoms with E-state index in [0.717, 1.165) is 28.3 Å². The molecule has 0 aliphatic carbocycles. The van der Waals surface area contributed by atoms with Crippen LogP contribution in [0.25, 0.3) is 0 Å². The van der Waals surface area contributed by atoms with E-state index in [9.17, 15) is 4.79 Å². The molecule has 2 rings (SSSR count). The van der Waals surface area contributed by atoms with Crippen molar-refractivity contribution in [3.8, 4) is 5.75 Å². The van der Waals surface area contributed by atoms with Gasteiger partial charge in [-0.25, -0.2) is 0 Å². The average molecular weight is 284 g/mol. The number of carbonyl (C=O) groups excluding carboxylic acids is 1. The van der Waals surface area contributed by atoms with Crippen molar-refractivity contribution >= 4 is 17.3 Å². The molecule has 0 fully saturated rings. The fourth-order valence-corrected chi connectivity index (χ4v) is 2.07. The molecule has 0 radical (unpaired) electrons. The molecule has 0 heterocycles. The summed E-state index contributed by atoms with van der Waals surface area (Å²) in [6.45, 7) is 4.23. The van der Waals surface area contributed by atoms with Crippen LogP contribution in [0.5, 0.6) is 5.75 Å². The van der Waals surface area contributed by atoms with Crippen molar-refractivity contribution < 1.29 is 9.53 Å². The fourth-order valence-electron chi connectivity index (χ4n) is 2.07. The highest BCUT2D eigenvalue weighted by Gasteiger charge is 2.02. The van der Waals surface area contributed by atoms with Crippen LogP contribution in [0.2, 0.25) is 0 Å². The maximum absolute atomic E-state index is 11.1. The molecule has 0 aromatic heterocycles. The van der Waals surface area contributed by atoms with Gasteiger partial charge in [0, 0.05) is 24.8 Å². The SMILES string of the molecule is COc1cccc(CNc2cc(NC(C)=O)ccc2C)c1. The Morgan fingerprint density at radius 3 is 2.71 bits per heavy atom. The predicted octanol–water partition coefficient (Wildman–Crippen LogP) is 3.57. The van der Waals surface area contributed by atoms with Gasteiger partial charge < -0.3 is 15.4 Å². The zero-order chi connectivity index (χ0) is 15.2. The van der Waals surface area contributed by atoms with E-state index < -0.39 is 0 Å². The summed E-state index contributed by atoms with van der Waals surface area (Å²) in [6.07, 6.45) is 0. The number of methoxy groups -OCH3 is 1. The Morgan fingerprint density at radius 2 is 2.00 bits per heavy atom. The topological polar surface area (TPSA) is 50.4 Å². The van der Waals surface area contributed by atoms with Gasteiger partial charge in [-0.1, -0.05) is 18.2 Å². The van der Waals surface area contributed by atoms with E-state index in [1.807, 2.05) is 49.4 Å². The highest BCUT2D eigenvalue weighted by molar-refractivity contribution is 5.89. The van der Waals surface area contributed by atoms with Crippen molar-refractivity contribution in [1.29, 1.82) is 0 Å². The first-order valence-electron chi connectivity index (χ1n) is 6.83. The van der Waals surface area contributed by atoms with Gasteiger partial charge in [-0.3, -0.25) is 4.79 Å². The molecule has 0 aliphatic heterocycles. The summed E-state index contributed by atoms with van der Waals surface area (Å²) < 4.78 is 5.22. The molecule has 0 bridgehead atoms. The first kappa shape index (κ1) is 14.9. The zero-order valence-electron chi connectivity index (χ0n) is 12.6. The molecule has 0 saturated heterocycles. The van der Waals surface area contributed by atoms with E-state index in [4.69, 9.17) is 4.74 Å². The number of carbonyl (C=O) groups is 1. The Labute approximate surface area is 125 Å². The first-order chi connectivity index (χ1) is 10.1. The molecule has 110 valence electrons. The number of hydrogen-bond donors (Lipinski definition) is 2. The smallest absolute Gasteiger partial charge is 0.221 e. The molecule has 0 saturated carbocycles. The molecule has 0 atom stereocenters. The van der Waals surface area contributed by atoms with Crippen LogP contribution in [0.15, 0.2) is 42.5 Å². The molecule has 0 aliphatic rings. The molecule has 2 aromatic rings. The third-order valence-corrected chi connectivity index (χ3v) is 3.18. The number of rotatable bonds is 5. The van der Waals surface area contributed by atoms with E-state index in [0.29, 0.717) is 6.54 Å². The Balaban J connectivity index is 2.09. The maximum Gasteiger partial charge on any atom is 0.221 e. The van der Waals surface area contributed by atoms with Gasteiger partial charge in [-0.15, -0.1) is 0 Å². The second kappa shape index (κ2) is 6.79. The number of amides is 1. The van der Waals surface area contributed by atoms with Crippen molar-refractivity contribution in [2.45, 2.75) is 20.4 Å². The van der Waals surface area contributed by atoms with Crippen LogP contribution in [0, 0.1) is 6.92 Å². The average Bonchev–Trinajstić information content (AvgIpc) is 2.47. The molecule has 4 heteroatoms. The molecule has 0 unspecified atom stereocenters. The largest absolute Gasteiger partial charge is 0.497 e. The number of nitrogens with one attached hydrogen (secondary N) is 2. The van der Waals surface area contributed by atoms with Crippen LogP contribution >= 0.6 is 0 Å². The molecule has 1 amide bonds. The Kier molecular flexibility index (Phi) is 4.82. The van der Waals surface area contributed by atoms with Gasteiger partial charge >= 0.3 is 0 Å². The molecule has 2 N–H and O–H groups in total. The Hall–Kier alpha value is -2.49. The highest BCUT2D eigenvalue weighted by atomic mass is 16.5. The predicted molar refractivity (Wildman–Crippen MR) is 85.8 cm³/mol. The highest BCUT2D eigenvalue weighted by Crippen LogP contribution is 2.21. The lowest BCUT2D eigenvalue weighted by molar-refractivity contribution is -0.114. The van der Waals surface area contributed by atoms with E-state index in [1.54, 1.807) is 7.11 Å². The monoisotopic (exact) mass is 284 g/mol. The van der Waals surface area contributed by atoms with Crippen LogP contribution < -0.4 is 15.4 Å². The lowest BCUT2D eigenvalue weighted by Gasteiger charge is -2.12. The lowest BCUT2D eigenvalue weighted by Crippen LogP contribution is -2.07. The molecular weight excluding hydrogens is 264 g/mol. The zero-order valence-corrected chi connectivity index (χ0v) is 12.6. The third-order valence-electron chi connectivity index (χ3n) is 3.18. The van der Waals surface area contributed by atoms with Crippen molar-refractivity contribution in [2.24, 2.45) is 0 Å². The van der Waals surface area contributed by atoms with E-state index in [-0.39, 0.29) is 5.91 Å². The van der Waals surface area contributed by atoms with Crippen LogP contribution in [-0.2, 0) is 11.3 Å². The molecule has 4 nitrogen and oxygen atoms in total. The lowest BCUT2D eigenvalue weighted by atomic mass is 10.1. The summed E-state index contributed by atoms with van der Waals surface area (Å²) in [4.78, 5) is 11.1. The molecule has 0 spiro atoms. The maximum atomic E-state index is 11.1. The van der Waals surface area contributed by atoms with Gasteiger partial charge in [0.15, 0.2) is 0 Å². The van der Waals surface area contributed by atoms with Crippen molar-refractivity contribution in [2.75, 3.05) is 17.7 Å². The van der Waals surface area contributed by atoms with Crippen LogP contribution in [0.1, 0.15) is 18.1 Å². The second-order valence-electron chi connectivity index (χ2n) is 4.92. The number of ether oxygens (including phenoxy) is 1. The number of benzene rings is 2. The van der Waals surface area contributed by atoms with Crippen LogP contribution in [-0.4, -0.2) is 13.0 Å². The van der Waals surface area contributed by atoms with Crippen molar-refractivity contribution in [1.82, 2.24) is 0 Å². The number of aryl methyl sites for hydroxylation is 1. The summed E-state index contributed by atoms with van der Waals surface area (Å²) in [5.41, 5.74) is 4.07. The van der Waals surface area contributed by atoms with Gasteiger partial charge in [-0.05, 0) is 42.3 Å². The standard InChI is InChI=1S/C17H20N2O2/c1-12-7-8-15(19-13(2)20)10-17(12)18-11-14-5-4-6-16(9-14)21-3/h4-10,18H,11H2,1-3H3,(H,19,20). The van der Waals surface area contributed by atoms with Crippen LogP contribution in [0.4, 0.5) is 11.4 Å². The quantitative estimate of drug-likeness (QED) is 0.882. The summed E-state index contributed by atoms with van der Waals surface area (Å²) in [5.74, 6) is 0.774. The second-order valence-corrected chi connectivity index (χ2v) is 4.92. The van der Waals surface area contributed by atoms with Crippen molar-refractivity contribution in [3.05, 3.63) is 53.6 Å². The normalized spacial score (nSPS) is 10.0. The number of hydrogen-bond acceptors (Lipinski definition) is 3. The summed E-state index contributed by atoms with van der Waals surface area (Å²) >= 11 is 0. The minimum absolute atomic E-state index is 0.0717. The molecule has 2 aromatic carbocycles. The van der Waals surface area contributed by atoms with E-state index >= 15 is 0 Å².